The van der Waals surface area contributed by atoms with Gasteiger partial charge in [-0.25, -0.2) is 0 Å². The van der Waals surface area contributed by atoms with Crippen molar-refractivity contribution in [3.05, 3.63) is 41.2 Å². The van der Waals surface area contributed by atoms with Crippen LogP contribution in [0.5, 0.6) is 0 Å². The van der Waals surface area contributed by atoms with Gasteiger partial charge in [-0.05, 0) is 25.0 Å². The number of nitrogens with zero attached hydrogens (tertiary/aromatic N) is 2. The molecule has 2 rings (SSSR count). The number of hydrogen-bond acceptors (Lipinski definition) is 2. The molecule has 0 amide bonds. The van der Waals surface area contributed by atoms with Gasteiger partial charge in [0.1, 0.15) is 5.78 Å². The summed E-state index contributed by atoms with van der Waals surface area (Å²) in [6, 6.07) is 8.25. The van der Waals surface area contributed by atoms with Crippen molar-refractivity contribution in [2.75, 3.05) is 0 Å². The highest BCUT2D eigenvalue weighted by atomic mass is 16.1. The van der Waals surface area contributed by atoms with Gasteiger partial charge in [-0.15, -0.1) is 0 Å². The number of benzene rings is 1. The maximum atomic E-state index is 11.8. The number of Topliss-reactive ketones (excluding diaryl/α,β-unsaturated/α-hetero) is 1. The summed E-state index contributed by atoms with van der Waals surface area (Å²) in [5, 5.41) is 4.44. The van der Waals surface area contributed by atoms with E-state index in [0.717, 1.165) is 22.5 Å². The van der Waals surface area contributed by atoms with E-state index in [0.29, 0.717) is 6.42 Å². The fourth-order valence-electron chi connectivity index (χ4n) is 2.39. The second-order valence-corrected chi connectivity index (χ2v) is 5.66. The lowest BCUT2D eigenvalue weighted by Crippen LogP contribution is -2.09. The van der Waals surface area contributed by atoms with Crippen LogP contribution in [0.15, 0.2) is 24.3 Å². The van der Waals surface area contributed by atoms with E-state index in [2.05, 4.69) is 24.2 Å². The number of carbonyl (C=O) groups excluding carboxylic acids is 1. The summed E-state index contributed by atoms with van der Waals surface area (Å²) >= 11 is 0. The molecule has 0 aliphatic rings. The number of aryl methyl sites for hydroxylation is 2. The van der Waals surface area contributed by atoms with Gasteiger partial charge in [0.15, 0.2) is 0 Å². The van der Waals surface area contributed by atoms with Crippen LogP contribution in [0.1, 0.15) is 30.8 Å². The minimum absolute atomic E-state index is 0.0949. The van der Waals surface area contributed by atoms with Crippen LogP contribution in [-0.2, 0) is 18.3 Å². The minimum atomic E-state index is 0.0949. The van der Waals surface area contributed by atoms with Crippen molar-refractivity contribution in [2.45, 2.75) is 34.1 Å². The van der Waals surface area contributed by atoms with E-state index in [4.69, 9.17) is 0 Å². The molecule has 3 heteroatoms. The van der Waals surface area contributed by atoms with Crippen molar-refractivity contribution in [1.29, 1.82) is 0 Å². The Balaban J connectivity index is 2.26. The average molecular weight is 270 g/mol. The number of carbonyl (C=O) groups is 1. The summed E-state index contributed by atoms with van der Waals surface area (Å²) in [7, 11) is 1.96. The molecule has 2 aromatic rings. The molecule has 0 spiro atoms. The van der Waals surface area contributed by atoms with E-state index >= 15 is 0 Å². The third-order valence-corrected chi connectivity index (χ3v) is 3.77. The van der Waals surface area contributed by atoms with Crippen LogP contribution in [0.3, 0.4) is 0 Å². The van der Waals surface area contributed by atoms with Crippen molar-refractivity contribution in [3.63, 3.8) is 0 Å². The molecule has 20 heavy (non-hydrogen) atoms. The number of hydrogen-bond donors (Lipinski definition) is 0. The second-order valence-electron chi connectivity index (χ2n) is 5.66. The van der Waals surface area contributed by atoms with E-state index in [1.54, 1.807) is 0 Å². The SMILES string of the molecule is Cc1nn(C)c(C)c1-c1ccc(CC(=O)C(C)C)cc1. The molecule has 0 fully saturated rings. The molecule has 0 atom stereocenters. The normalized spacial score (nSPS) is 11.1. The zero-order chi connectivity index (χ0) is 14.9. The van der Waals surface area contributed by atoms with Crippen molar-refractivity contribution in [3.8, 4) is 11.1 Å². The Bertz CT molecular complexity index is 621. The molecule has 3 nitrogen and oxygen atoms in total. The van der Waals surface area contributed by atoms with Gasteiger partial charge in [-0.3, -0.25) is 9.48 Å². The summed E-state index contributed by atoms with van der Waals surface area (Å²) in [4.78, 5) is 11.8. The number of ketones is 1. The predicted molar refractivity (Wildman–Crippen MR) is 81.7 cm³/mol. The van der Waals surface area contributed by atoms with E-state index in [1.807, 2.05) is 44.6 Å². The maximum absolute atomic E-state index is 11.8. The first-order valence-corrected chi connectivity index (χ1v) is 7.02. The first kappa shape index (κ1) is 14.5. The first-order valence-electron chi connectivity index (χ1n) is 7.02. The molecule has 1 aromatic heterocycles. The monoisotopic (exact) mass is 270 g/mol. The molecule has 0 N–H and O–H groups in total. The molecule has 0 radical (unpaired) electrons. The lowest BCUT2D eigenvalue weighted by molar-refractivity contribution is -0.121. The summed E-state index contributed by atoms with van der Waals surface area (Å²) < 4.78 is 1.90. The van der Waals surface area contributed by atoms with Crippen LogP contribution < -0.4 is 0 Å². The molecule has 0 saturated heterocycles. The zero-order valence-corrected chi connectivity index (χ0v) is 12.9. The lowest BCUT2D eigenvalue weighted by atomic mass is 9.98. The fraction of sp³-hybridized carbons (Fsp3) is 0.412. The smallest absolute Gasteiger partial charge is 0.139 e. The highest BCUT2D eigenvalue weighted by molar-refractivity contribution is 5.82. The van der Waals surface area contributed by atoms with Crippen LogP contribution in [0, 0.1) is 19.8 Å². The first-order chi connectivity index (χ1) is 9.40. The Morgan fingerprint density at radius 1 is 1.20 bits per heavy atom. The zero-order valence-electron chi connectivity index (χ0n) is 12.9. The average Bonchev–Trinajstić information content (AvgIpc) is 2.64. The van der Waals surface area contributed by atoms with Crippen LogP contribution >= 0.6 is 0 Å². The molecule has 0 bridgehead atoms. The molecule has 0 aliphatic heterocycles. The Morgan fingerprint density at radius 2 is 1.80 bits per heavy atom. The Kier molecular flexibility index (Phi) is 4.07. The van der Waals surface area contributed by atoms with Crippen LogP contribution in [-0.4, -0.2) is 15.6 Å². The summed E-state index contributed by atoms with van der Waals surface area (Å²) in [6.07, 6.45) is 0.517. The summed E-state index contributed by atoms with van der Waals surface area (Å²) in [6.45, 7) is 7.99. The van der Waals surface area contributed by atoms with Gasteiger partial charge in [0.05, 0.1) is 5.69 Å². The van der Waals surface area contributed by atoms with Gasteiger partial charge in [-0.2, -0.15) is 5.10 Å². The van der Waals surface area contributed by atoms with E-state index < -0.39 is 0 Å². The molecule has 1 aromatic carbocycles. The molecular formula is C17H22N2O. The van der Waals surface area contributed by atoms with Gasteiger partial charge in [-0.1, -0.05) is 38.1 Å². The van der Waals surface area contributed by atoms with Gasteiger partial charge in [0.2, 0.25) is 0 Å². The minimum Gasteiger partial charge on any atom is -0.299 e. The third-order valence-electron chi connectivity index (χ3n) is 3.77. The standard InChI is InChI=1S/C17H22N2O/c1-11(2)16(20)10-14-6-8-15(9-7-14)17-12(3)18-19(5)13(17)4/h6-9,11H,10H2,1-5H3. The van der Waals surface area contributed by atoms with Gasteiger partial charge < -0.3 is 0 Å². The summed E-state index contributed by atoms with van der Waals surface area (Å²) in [5.74, 6) is 0.379. The quantitative estimate of drug-likeness (QED) is 0.852. The van der Waals surface area contributed by atoms with Gasteiger partial charge in [0.25, 0.3) is 0 Å². The fourth-order valence-corrected chi connectivity index (χ4v) is 2.39. The van der Waals surface area contributed by atoms with E-state index in [1.165, 1.54) is 5.56 Å². The second kappa shape index (κ2) is 5.61. The van der Waals surface area contributed by atoms with E-state index in [-0.39, 0.29) is 11.7 Å². The van der Waals surface area contributed by atoms with Crippen LogP contribution in [0.4, 0.5) is 0 Å². The molecule has 0 unspecified atom stereocenters. The Labute approximate surface area is 120 Å². The third kappa shape index (κ3) is 2.82. The largest absolute Gasteiger partial charge is 0.299 e. The summed E-state index contributed by atoms with van der Waals surface area (Å²) in [5.41, 5.74) is 5.62. The molecule has 106 valence electrons. The van der Waals surface area contributed by atoms with Crippen LogP contribution in [0.25, 0.3) is 11.1 Å². The Hall–Kier alpha value is -1.90. The Morgan fingerprint density at radius 3 is 2.25 bits per heavy atom. The van der Waals surface area contributed by atoms with Crippen LogP contribution in [0.2, 0.25) is 0 Å². The van der Waals surface area contributed by atoms with Gasteiger partial charge >= 0.3 is 0 Å². The topological polar surface area (TPSA) is 34.9 Å². The molecule has 0 saturated carbocycles. The molecule has 1 heterocycles. The van der Waals surface area contributed by atoms with Crippen molar-refractivity contribution in [1.82, 2.24) is 9.78 Å². The highest BCUT2D eigenvalue weighted by Crippen LogP contribution is 2.26. The highest BCUT2D eigenvalue weighted by Gasteiger charge is 2.12. The van der Waals surface area contributed by atoms with Gasteiger partial charge in [0, 0.05) is 30.6 Å². The van der Waals surface area contributed by atoms with E-state index in [9.17, 15) is 4.79 Å². The lowest BCUT2D eigenvalue weighted by Gasteiger charge is -2.06. The van der Waals surface area contributed by atoms with Crippen molar-refractivity contribution >= 4 is 5.78 Å². The number of aromatic nitrogens is 2. The number of rotatable bonds is 4. The van der Waals surface area contributed by atoms with Crippen molar-refractivity contribution in [2.24, 2.45) is 13.0 Å². The molecule has 0 aliphatic carbocycles. The maximum Gasteiger partial charge on any atom is 0.139 e. The van der Waals surface area contributed by atoms with Crippen molar-refractivity contribution < 1.29 is 4.79 Å². The predicted octanol–water partition coefficient (Wildman–Crippen LogP) is 3.47. The molecular weight excluding hydrogens is 248 g/mol.